The van der Waals surface area contributed by atoms with Gasteiger partial charge in [0.2, 0.25) is 0 Å². The van der Waals surface area contributed by atoms with Crippen molar-refractivity contribution in [2.45, 2.75) is 31.5 Å². The summed E-state index contributed by atoms with van der Waals surface area (Å²) in [7, 11) is 0. The highest BCUT2D eigenvalue weighted by Gasteiger charge is 2.30. The molecule has 0 spiro atoms. The highest BCUT2D eigenvalue weighted by Crippen LogP contribution is 2.36. The maximum Gasteiger partial charge on any atom is 0.326 e. The number of imidazole rings is 1. The van der Waals surface area contributed by atoms with E-state index in [-0.39, 0.29) is 0 Å². The Morgan fingerprint density at radius 2 is 2.15 bits per heavy atom. The summed E-state index contributed by atoms with van der Waals surface area (Å²) in [5.41, 5.74) is 1.80. The SMILES string of the molecule is O=C(O)C(NCc1ccccc1)c1cncn1C1CC1. The molecule has 1 saturated carbocycles. The van der Waals surface area contributed by atoms with Crippen molar-refractivity contribution in [3.63, 3.8) is 0 Å². The topological polar surface area (TPSA) is 67.2 Å². The number of hydrogen-bond acceptors (Lipinski definition) is 3. The normalized spacial score (nSPS) is 16.0. The van der Waals surface area contributed by atoms with E-state index in [1.165, 1.54) is 0 Å². The first-order chi connectivity index (χ1) is 9.75. The van der Waals surface area contributed by atoms with Gasteiger partial charge in [-0.3, -0.25) is 10.1 Å². The van der Waals surface area contributed by atoms with Crippen molar-refractivity contribution in [1.29, 1.82) is 0 Å². The molecule has 5 nitrogen and oxygen atoms in total. The van der Waals surface area contributed by atoms with Crippen LogP contribution >= 0.6 is 0 Å². The molecule has 0 amide bonds. The molecule has 0 radical (unpaired) electrons. The van der Waals surface area contributed by atoms with Crippen LogP contribution in [-0.2, 0) is 11.3 Å². The largest absolute Gasteiger partial charge is 0.480 e. The minimum absolute atomic E-state index is 0.424. The first-order valence-corrected chi connectivity index (χ1v) is 6.77. The summed E-state index contributed by atoms with van der Waals surface area (Å²) < 4.78 is 1.98. The number of hydrogen-bond donors (Lipinski definition) is 2. The molecule has 104 valence electrons. The van der Waals surface area contributed by atoms with Gasteiger partial charge in [-0.2, -0.15) is 0 Å². The number of aromatic nitrogens is 2. The van der Waals surface area contributed by atoms with E-state index in [9.17, 15) is 9.90 Å². The zero-order valence-corrected chi connectivity index (χ0v) is 11.1. The van der Waals surface area contributed by atoms with Crippen LogP contribution in [0.4, 0.5) is 0 Å². The van der Waals surface area contributed by atoms with Gasteiger partial charge in [0, 0.05) is 12.6 Å². The third kappa shape index (κ3) is 2.72. The second-order valence-electron chi connectivity index (χ2n) is 5.09. The van der Waals surface area contributed by atoms with E-state index in [1.54, 1.807) is 12.5 Å². The third-order valence-corrected chi connectivity index (χ3v) is 3.53. The van der Waals surface area contributed by atoms with E-state index >= 15 is 0 Å². The van der Waals surface area contributed by atoms with Gasteiger partial charge < -0.3 is 9.67 Å². The number of rotatable bonds is 6. The van der Waals surface area contributed by atoms with E-state index in [0.29, 0.717) is 12.6 Å². The number of nitrogens with one attached hydrogen (secondary N) is 1. The van der Waals surface area contributed by atoms with Crippen LogP contribution in [0.2, 0.25) is 0 Å². The second kappa shape index (κ2) is 5.46. The van der Waals surface area contributed by atoms with E-state index in [1.807, 2.05) is 34.9 Å². The Balaban J connectivity index is 1.75. The van der Waals surface area contributed by atoms with E-state index in [2.05, 4.69) is 10.3 Å². The molecule has 0 saturated heterocycles. The number of carbonyl (C=O) groups is 1. The molecule has 1 atom stereocenters. The fourth-order valence-electron chi connectivity index (χ4n) is 2.33. The lowest BCUT2D eigenvalue weighted by Gasteiger charge is -2.16. The van der Waals surface area contributed by atoms with Crippen molar-refractivity contribution < 1.29 is 9.90 Å². The van der Waals surface area contributed by atoms with E-state index < -0.39 is 12.0 Å². The van der Waals surface area contributed by atoms with Crippen LogP contribution in [0.3, 0.4) is 0 Å². The molecule has 1 heterocycles. The number of carboxylic acids is 1. The quantitative estimate of drug-likeness (QED) is 0.844. The molecule has 1 aliphatic carbocycles. The Morgan fingerprint density at radius 3 is 2.80 bits per heavy atom. The predicted molar refractivity (Wildman–Crippen MR) is 74.2 cm³/mol. The van der Waals surface area contributed by atoms with Crippen LogP contribution in [0.25, 0.3) is 0 Å². The highest BCUT2D eigenvalue weighted by molar-refractivity contribution is 5.74. The lowest BCUT2D eigenvalue weighted by Crippen LogP contribution is -2.30. The lowest BCUT2D eigenvalue weighted by atomic mass is 10.1. The summed E-state index contributed by atoms with van der Waals surface area (Å²) in [4.78, 5) is 15.6. The molecule has 2 N–H and O–H groups in total. The standard InChI is InChI=1S/C15H17N3O2/c19-15(20)14(17-8-11-4-2-1-3-5-11)13-9-16-10-18(13)12-6-7-12/h1-5,9-10,12,14,17H,6-8H2,(H,19,20). The van der Waals surface area contributed by atoms with Crippen molar-refractivity contribution >= 4 is 5.97 Å². The Hall–Kier alpha value is -2.14. The molecule has 0 bridgehead atoms. The fourth-order valence-corrected chi connectivity index (χ4v) is 2.33. The van der Waals surface area contributed by atoms with E-state index in [0.717, 1.165) is 24.1 Å². The fraction of sp³-hybridized carbons (Fsp3) is 0.333. The van der Waals surface area contributed by atoms with E-state index in [4.69, 9.17) is 0 Å². The number of aliphatic carboxylic acids is 1. The van der Waals surface area contributed by atoms with Gasteiger partial charge in [-0.1, -0.05) is 30.3 Å². The summed E-state index contributed by atoms with van der Waals surface area (Å²) in [5.74, 6) is -0.872. The molecule has 1 fully saturated rings. The molecule has 0 aliphatic heterocycles. The molecule has 1 aliphatic rings. The van der Waals surface area contributed by atoms with Crippen molar-refractivity contribution in [1.82, 2.24) is 14.9 Å². The summed E-state index contributed by atoms with van der Waals surface area (Å²) >= 11 is 0. The van der Waals surface area contributed by atoms with Crippen molar-refractivity contribution in [3.8, 4) is 0 Å². The smallest absolute Gasteiger partial charge is 0.326 e. The van der Waals surface area contributed by atoms with Gasteiger partial charge in [0.15, 0.2) is 0 Å². The average molecular weight is 271 g/mol. The Bertz CT molecular complexity index is 590. The molecule has 20 heavy (non-hydrogen) atoms. The second-order valence-corrected chi connectivity index (χ2v) is 5.09. The van der Waals surface area contributed by atoms with Gasteiger partial charge in [-0.05, 0) is 18.4 Å². The maximum atomic E-state index is 11.5. The Labute approximate surface area is 117 Å². The van der Waals surface area contributed by atoms with Crippen LogP contribution < -0.4 is 5.32 Å². The molecule has 2 aromatic rings. The van der Waals surface area contributed by atoms with Gasteiger partial charge in [0.25, 0.3) is 0 Å². The van der Waals surface area contributed by atoms with Crippen molar-refractivity contribution in [2.24, 2.45) is 0 Å². The Kier molecular flexibility index (Phi) is 3.52. The summed E-state index contributed by atoms with van der Waals surface area (Å²) in [6.45, 7) is 0.521. The van der Waals surface area contributed by atoms with Crippen molar-refractivity contribution in [3.05, 3.63) is 54.1 Å². The first kappa shape index (κ1) is 12.9. The van der Waals surface area contributed by atoms with Gasteiger partial charge in [0.1, 0.15) is 6.04 Å². The minimum Gasteiger partial charge on any atom is -0.480 e. The zero-order chi connectivity index (χ0) is 13.9. The van der Waals surface area contributed by atoms with Gasteiger partial charge >= 0.3 is 5.97 Å². The lowest BCUT2D eigenvalue weighted by molar-refractivity contribution is -0.139. The monoisotopic (exact) mass is 271 g/mol. The summed E-state index contributed by atoms with van der Waals surface area (Å²) in [5, 5.41) is 12.5. The minimum atomic E-state index is -0.872. The average Bonchev–Trinajstić information content (AvgIpc) is 3.19. The molecular formula is C15H17N3O2. The number of carboxylic acid groups (broad SMARTS) is 1. The molecule has 1 aromatic heterocycles. The molecule has 1 aromatic carbocycles. The zero-order valence-electron chi connectivity index (χ0n) is 11.1. The first-order valence-electron chi connectivity index (χ1n) is 6.77. The summed E-state index contributed by atoms with van der Waals surface area (Å²) in [6.07, 6.45) is 5.59. The van der Waals surface area contributed by atoms with Crippen molar-refractivity contribution in [2.75, 3.05) is 0 Å². The highest BCUT2D eigenvalue weighted by atomic mass is 16.4. The molecule has 1 unspecified atom stereocenters. The summed E-state index contributed by atoms with van der Waals surface area (Å²) in [6, 6.07) is 9.49. The number of nitrogens with zero attached hydrogens (tertiary/aromatic N) is 2. The predicted octanol–water partition coefficient (Wildman–Crippen LogP) is 2.13. The molecule has 3 rings (SSSR count). The maximum absolute atomic E-state index is 11.5. The molecule has 5 heteroatoms. The van der Waals surface area contributed by atoms with Crippen LogP contribution in [0.1, 0.15) is 36.2 Å². The van der Waals surface area contributed by atoms with Crippen LogP contribution in [0, 0.1) is 0 Å². The number of benzene rings is 1. The van der Waals surface area contributed by atoms with Gasteiger partial charge in [-0.25, -0.2) is 4.98 Å². The van der Waals surface area contributed by atoms with Crippen LogP contribution in [0.5, 0.6) is 0 Å². The van der Waals surface area contributed by atoms with Gasteiger partial charge in [-0.15, -0.1) is 0 Å². The molecular weight excluding hydrogens is 254 g/mol. The van der Waals surface area contributed by atoms with Gasteiger partial charge in [0.05, 0.1) is 18.2 Å². The van der Waals surface area contributed by atoms with Crippen LogP contribution in [0.15, 0.2) is 42.9 Å². The third-order valence-electron chi connectivity index (χ3n) is 3.53. The Morgan fingerprint density at radius 1 is 1.40 bits per heavy atom. The van der Waals surface area contributed by atoms with Crippen LogP contribution in [-0.4, -0.2) is 20.6 Å².